The number of benzene rings is 3. The van der Waals surface area contributed by atoms with Gasteiger partial charge in [-0.15, -0.1) is 0 Å². The van der Waals surface area contributed by atoms with Crippen molar-refractivity contribution in [3.8, 4) is 28.5 Å². The van der Waals surface area contributed by atoms with Crippen molar-refractivity contribution in [1.29, 1.82) is 0 Å². The second-order valence-corrected chi connectivity index (χ2v) is 7.41. The number of hydrogen-bond acceptors (Lipinski definition) is 5. The summed E-state index contributed by atoms with van der Waals surface area (Å²) in [5.74, 6) is 1.33. The fourth-order valence-electron chi connectivity index (χ4n) is 3.47. The molecular weight excluding hydrogens is 435 g/mol. The molecule has 34 heavy (non-hydrogen) atoms. The Morgan fingerprint density at radius 2 is 1.85 bits per heavy atom. The molecular formula is C26H19FN4O3. The Hall–Kier alpha value is -4.72. The van der Waals surface area contributed by atoms with Crippen LogP contribution >= 0.6 is 0 Å². The molecule has 1 N–H and O–H groups in total. The van der Waals surface area contributed by atoms with E-state index in [4.69, 9.17) is 9.47 Å². The normalized spacial score (nSPS) is 10.8. The molecule has 0 bridgehead atoms. The SMILES string of the molecule is COc1ccc(-c2cn3cccnc3n2)cc1NC(=O)c1cccc(Oc2ccc(F)cc2)c1. The molecule has 168 valence electrons. The van der Waals surface area contributed by atoms with Crippen molar-refractivity contribution in [3.05, 3.63) is 103 Å². The molecule has 0 spiro atoms. The third-order valence-electron chi connectivity index (χ3n) is 5.12. The number of anilines is 1. The van der Waals surface area contributed by atoms with Crippen molar-refractivity contribution in [2.75, 3.05) is 12.4 Å². The smallest absolute Gasteiger partial charge is 0.255 e. The van der Waals surface area contributed by atoms with Gasteiger partial charge in [-0.3, -0.25) is 9.20 Å². The lowest BCUT2D eigenvalue weighted by molar-refractivity contribution is 0.102. The minimum absolute atomic E-state index is 0.336. The fourth-order valence-corrected chi connectivity index (χ4v) is 3.47. The van der Waals surface area contributed by atoms with E-state index >= 15 is 0 Å². The summed E-state index contributed by atoms with van der Waals surface area (Å²) in [5, 5.41) is 2.90. The van der Waals surface area contributed by atoms with Crippen molar-refractivity contribution in [2.45, 2.75) is 0 Å². The maximum atomic E-state index is 13.1. The molecule has 8 heteroatoms. The quantitative estimate of drug-likeness (QED) is 0.362. The second kappa shape index (κ2) is 9.03. The van der Waals surface area contributed by atoms with Gasteiger partial charge in [0.1, 0.15) is 23.1 Å². The number of fused-ring (bicyclic) bond motifs is 1. The highest BCUT2D eigenvalue weighted by Crippen LogP contribution is 2.31. The zero-order valence-corrected chi connectivity index (χ0v) is 18.1. The molecule has 0 saturated carbocycles. The molecule has 5 aromatic rings. The topological polar surface area (TPSA) is 77.8 Å². The number of carbonyl (C=O) groups excluding carboxylic acids is 1. The summed E-state index contributed by atoms with van der Waals surface area (Å²) in [6.45, 7) is 0. The zero-order valence-electron chi connectivity index (χ0n) is 18.1. The Morgan fingerprint density at radius 1 is 1.00 bits per heavy atom. The van der Waals surface area contributed by atoms with Gasteiger partial charge in [0, 0.05) is 29.7 Å². The van der Waals surface area contributed by atoms with Gasteiger partial charge in [-0.25, -0.2) is 14.4 Å². The number of hydrogen-bond donors (Lipinski definition) is 1. The lowest BCUT2D eigenvalue weighted by Gasteiger charge is -2.12. The molecule has 3 aromatic carbocycles. The number of rotatable bonds is 6. The van der Waals surface area contributed by atoms with Crippen LogP contribution in [0, 0.1) is 5.82 Å². The number of ether oxygens (including phenoxy) is 2. The van der Waals surface area contributed by atoms with Gasteiger partial charge in [-0.05, 0) is 66.7 Å². The van der Waals surface area contributed by atoms with E-state index in [9.17, 15) is 9.18 Å². The highest BCUT2D eigenvalue weighted by Gasteiger charge is 2.14. The summed E-state index contributed by atoms with van der Waals surface area (Å²) < 4.78 is 26.1. The van der Waals surface area contributed by atoms with Crippen LogP contribution in [0.5, 0.6) is 17.2 Å². The van der Waals surface area contributed by atoms with Crippen molar-refractivity contribution >= 4 is 17.4 Å². The van der Waals surface area contributed by atoms with Crippen LogP contribution in [0.3, 0.4) is 0 Å². The molecule has 2 heterocycles. The lowest BCUT2D eigenvalue weighted by Crippen LogP contribution is -2.12. The van der Waals surface area contributed by atoms with Crippen LogP contribution in [0.4, 0.5) is 10.1 Å². The summed E-state index contributed by atoms with van der Waals surface area (Å²) in [5.41, 5.74) is 2.41. The molecule has 1 amide bonds. The van der Waals surface area contributed by atoms with E-state index in [1.807, 2.05) is 28.9 Å². The third-order valence-corrected chi connectivity index (χ3v) is 5.12. The summed E-state index contributed by atoms with van der Waals surface area (Å²) in [4.78, 5) is 21.8. The van der Waals surface area contributed by atoms with Gasteiger partial charge in [-0.2, -0.15) is 0 Å². The van der Waals surface area contributed by atoms with E-state index < -0.39 is 0 Å². The van der Waals surface area contributed by atoms with E-state index in [1.165, 1.54) is 31.4 Å². The summed E-state index contributed by atoms with van der Waals surface area (Å²) in [7, 11) is 1.54. The Bertz CT molecular complexity index is 1450. The summed E-state index contributed by atoms with van der Waals surface area (Å²) >= 11 is 0. The first-order chi connectivity index (χ1) is 16.6. The van der Waals surface area contributed by atoms with Crippen LogP contribution in [0.15, 0.2) is 91.4 Å². The monoisotopic (exact) mass is 454 g/mol. The first kappa shape index (κ1) is 21.1. The molecule has 0 fully saturated rings. The standard InChI is InChI=1S/C26H19FN4O3/c1-33-24-11-6-17(23-16-31-13-3-12-28-26(31)30-23)15-22(24)29-25(32)18-4-2-5-21(14-18)34-20-9-7-19(27)8-10-20/h2-16H,1H3,(H,29,32). The second-order valence-electron chi connectivity index (χ2n) is 7.41. The summed E-state index contributed by atoms with van der Waals surface area (Å²) in [6, 6.07) is 19.7. The van der Waals surface area contributed by atoms with Crippen LogP contribution in [0.25, 0.3) is 17.0 Å². The average Bonchev–Trinajstić information content (AvgIpc) is 3.30. The van der Waals surface area contributed by atoms with Crippen LogP contribution < -0.4 is 14.8 Å². The van der Waals surface area contributed by atoms with E-state index in [1.54, 1.807) is 42.6 Å². The number of nitrogens with zero attached hydrogens (tertiary/aromatic N) is 3. The van der Waals surface area contributed by atoms with Gasteiger partial charge in [-0.1, -0.05) is 6.07 Å². The number of methoxy groups -OCH3 is 1. The predicted octanol–water partition coefficient (Wildman–Crippen LogP) is 5.59. The Labute approximate surface area is 194 Å². The molecule has 0 aliphatic carbocycles. The average molecular weight is 454 g/mol. The van der Waals surface area contributed by atoms with Gasteiger partial charge in [0.05, 0.1) is 18.5 Å². The van der Waals surface area contributed by atoms with Crippen LogP contribution in [-0.2, 0) is 0 Å². The largest absolute Gasteiger partial charge is 0.495 e. The van der Waals surface area contributed by atoms with Gasteiger partial charge in [0.2, 0.25) is 5.78 Å². The van der Waals surface area contributed by atoms with Crippen molar-refractivity contribution in [2.24, 2.45) is 0 Å². The first-order valence-corrected chi connectivity index (χ1v) is 10.4. The lowest BCUT2D eigenvalue weighted by atomic mass is 10.1. The third kappa shape index (κ3) is 4.42. The minimum atomic E-state index is -0.350. The number of amides is 1. The van der Waals surface area contributed by atoms with Crippen LogP contribution in [0.2, 0.25) is 0 Å². The van der Waals surface area contributed by atoms with Crippen molar-refractivity contribution < 1.29 is 18.7 Å². The molecule has 0 aliphatic heterocycles. The fraction of sp³-hybridized carbons (Fsp3) is 0.0385. The van der Waals surface area contributed by atoms with Crippen molar-refractivity contribution in [1.82, 2.24) is 14.4 Å². The van der Waals surface area contributed by atoms with Gasteiger partial charge < -0.3 is 14.8 Å². The number of nitrogens with one attached hydrogen (secondary N) is 1. The first-order valence-electron chi connectivity index (χ1n) is 10.4. The van der Waals surface area contributed by atoms with E-state index in [0.29, 0.717) is 40.0 Å². The van der Waals surface area contributed by atoms with E-state index in [0.717, 1.165) is 5.56 Å². The minimum Gasteiger partial charge on any atom is -0.495 e. The molecule has 5 rings (SSSR count). The molecule has 2 aromatic heterocycles. The zero-order chi connectivity index (χ0) is 23.5. The maximum Gasteiger partial charge on any atom is 0.255 e. The van der Waals surface area contributed by atoms with Gasteiger partial charge in [0.15, 0.2) is 0 Å². The number of aromatic nitrogens is 3. The highest BCUT2D eigenvalue weighted by atomic mass is 19.1. The van der Waals surface area contributed by atoms with E-state index in [-0.39, 0.29) is 11.7 Å². The number of carbonyl (C=O) groups is 1. The Morgan fingerprint density at radius 3 is 2.65 bits per heavy atom. The molecule has 0 unspecified atom stereocenters. The van der Waals surface area contributed by atoms with E-state index in [2.05, 4.69) is 15.3 Å². The summed E-state index contributed by atoms with van der Waals surface area (Å²) in [6.07, 6.45) is 5.41. The molecule has 0 aliphatic rings. The van der Waals surface area contributed by atoms with Crippen molar-refractivity contribution in [3.63, 3.8) is 0 Å². The predicted molar refractivity (Wildman–Crippen MR) is 126 cm³/mol. The number of halogens is 1. The molecule has 0 atom stereocenters. The Balaban J connectivity index is 1.39. The molecule has 0 radical (unpaired) electrons. The van der Waals surface area contributed by atoms with Gasteiger partial charge >= 0.3 is 0 Å². The van der Waals surface area contributed by atoms with Crippen LogP contribution in [-0.4, -0.2) is 27.4 Å². The molecule has 7 nitrogen and oxygen atoms in total. The van der Waals surface area contributed by atoms with Crippen LogP contribution in [0.1, 0.15) is 10.4 Å². The molecule has 0 saturated heterocycles. The maximum absolute atomic E-state index is 13.1. The highest BCUT2D eigenvalue weighted by molar-refractivity contribution is 6.05. The Kier molecular flexibility index (Phi) is 5.61. The van der Waals surface area contributed by atoms with Gasteiger partial charge in [0.25, 0.3) is 5.91 Å². The number of imidazole rings is 1.